The number of carbonyl (C=O) groups is 4. The Morgan fingerprint density at radius 1 is 0.968 bits per heavy atom. The summed E-state index contributed by atoms with van der Waals surface area (Å²) in [5.41, 5.74) is 0.222. The summed E-state index contributed by atoms with van der Waals surface area (Å²) in [5, 5.41) is 8.68. The van der Waals surface area contributed by atoms with Crippen molar-refractivity contribution in [2.24, 2.45) is 40.4 Å². The van der Waals surface area contributed by atoms with Gasteiger partial charge in [0.05, 0.1) is 12.8 Å². The van der Waals surface area contributed by atoms with Crippen molar-refractivity contribution in [1.29, 1.82) is 0 Å². The second-order valence-corrected chi connectivity index (χ2v) is 11.1. The van der Waals surface area contributed by atoms with Crippen LogP contribution in [0.1, 0.15) is 84.5 Å². The minimum atomic E-state index is -1.04. The molecule has 0 saturated heterocycles. The van der Waals surface area contributed by atoms with E-state index >= 15 is 0 Å². The summed E-state index contributed by atoms with van der Waals surface area (Å²) in [4.78, 5) is 47.4. The number of Topliss-reactive ketones (excluding diaryl/α,β-unsaturated/α-hetero) is 2. The first-order chi connectivity index (χ1) is 14.6. The summed E-state index contributed by atoms with van der Waals surface area (Å²) in [6, 6.07) is 0. The highest BCUT2D eigenvalue weighted by molar-refractivity contribution is 5.86. The molecule has 31 heavy (non-hydrogen) atoms. The zero-order chi connectivity index (χ0) is 22.4. The molecule has 0 aliphatic heterocycles. The molecule has 6 nitrogen and oxygen atoms in total. The maximum Gasteiger partial charge on any atom is 0.306 e. The number of esters is 1. The van der Waals surface area contributed by atoms with Gasteiger partial charge >= 0.3 is 11.9 Å². The van der Waals surface area contributed by atoms with Crippen LogP contribution in [0.5, 0.6) is 0 Å². The SMILES string of the molecule is C[C@]12CCC(=O)C[C@H]1CC[C@H]1[C@H]2CC[C@]2(C)[C@@H](C(=O)COC(=O)CCC(=O)O)CC[C@H]12. The third-order valence-electron chi connectivity index (χ3n) is 9.79. The number of rotatable bonds is 6. The van der Waals surface area contributed by atoms with Crippen LogP contribution in [-0.2, 0) is 23.9 Å². The average molecular weight is 433 g/mol. The van der Waals surface area contributed by atoms with Crippen LogP contribution in [0.2, 0.25) is 0 Å². The van der Waals surface area contributed by atoms with E-state index in [0.717, 1.165) is 51.4 Å². The lowest BCUT2D eigenvalue weighted by atomic mass is 9.44. The molecule has 7 atom stereocenters. The predicted molar refractivity (Wildman–Crippen MR) is 113 cm³/mol. The van der Waals surface area contributed by atoms with Gasteiger partial charge in [-0.2, -0.15) is 0 Å². The van der Waals surface area contributed by atoms with Gasteiger partial charge in [0.25, 0.3) is 0 Å². The molecule has 4 saturated carbocycles. The Labute approximate surface area is 184 Å². The standard InChI is InChI=1S/C25H36O6/c1-24-11-9-16(26)13-15(24)3-4-17-18-5-6-20(25(18,2)12-10-19(17)24)21(27)14-31-23(30)8-7-22(28)29/h15,17-20H,3-14H2,1-2H3,(H,28,29)/t15-,17-,18-,19-,20-,24+,25+/m1/s1. The monoisotopic (exact) mass is 432 g/mol. The molecular weight excluding hydrogens is 396 g/mol. The van der Waals surface area contributed by atoms with Gasteiger partial charge in [-0.15, -0.1) is 0 Å². The van der Waals surface area contributed by atoms with Crippen molar-refractivity contribution in [3.8, 4) is 0 Å². The lowest BCUT2D eigenvalue weighted by molar-refractivity contribution is -0.154. The second kappa shape index (κ2) is 8.32. The highest BCUT2D eigenvalue weighted by Crippen LogP contribution is 2.67. The van der Waals surface area contributed by atoms with E-state index in [1.54, 1.807) is 0 Å². The summed E-state index contributed by atoms with van der Waals surface area (Å²) >= 11 is 0. The Bertz CT molecular complexity index is 774. The first kappa shape index (κ1) is 22.5. The van der Waals surface area contributed by atoms with E-state index in [4.69, 9.17) is 9.84 Å². The van der Waals surface area contributed by atoms with E-state index in [0.29, 0.717) is 29.5 Å². The van der Waals surface area contributed by atoms with Crippen LogP contribution in [0.15, 0.2) is 0 Å². The Kier molecular flexibility index (Phi) is 6.04. The van der Waals surface area contributed by atoms with Crippen LogP contribution < -0.4 is 0 Å². The van der Waals surface area contributed by atoms with Crippen molar-refractivity contribution in [3.63, 3.8) is 0 Å². The number of carboxylic acid groups (broad SMARTS) is 1. The van der Waals surface area contributed by atoms with Crippen molar-refractivity contribution >= 4 is 23.5 Å². The quantitative estimate of drug-likeness (QED) is 0.632. The average Bonchev–Trinajstić information content (AvgIpc) is 3.08. The molecule has 4 fully saturated rings. The summed E-state index contributed by atoms with van der Waals surface area (Å²) < 4.78 is 5.11. The fourth-order valence-corrected chi connectivity index (χ4v) is 8.11. The lowest BCUT2D eigenvalue weighted by Crippen LogP contribution is -2.54. The van der Waals surface area contributed by atoms with Gasteiger partial charge in [0, 0.05) is 18.8 Å². The van der Waals surface area contributed by atoms with Crippen LogP contribution in [0.3, 0.4) is 0 Å². The molecule has 0 heterocycles. The Balaban J connectivity index is 1.41. The highest BCUT2D eigenvalue weighted by atomic mass is 16.5. The zero-order valence-electron chi connectivity index (χ0n) is 18.9. The van der Waals surface area contributed by atoms with Gasteiger partial charge in [-0.3, -0.25) is 19.2 Å². The van der Waals surface area contributed by atoms with E-state index in [9.17, 15) is 19.2 Å². The molecule has 172 valence electrons. The molecule has 1 N–H and O–H groups in total. The van der Waals surface area contributed by atoms with Crippen molar-refractivity contribution in [2.45, 2.75) is 84.5 Å². The number of hydrogen-bond donors (Lipinski definition) is 1. The van der Waals surface area contributed by atoms with Gasteiger partial charge in [-0.1, -0.05) is 13.8 Å². The smallest absolute Gasteiger partial charge is 0.306 e. The normalized spacial score (nSPS) is 41.6. The fourth-order valence-electron chi connectivity index (χ4n) is 8.11. The summed E-state index contributed by atoms with van der Waals surface area (Å²) in [6.07, 6.45) is 8.41. The van der Waals surface area contributed by atoms with Gasteiger partial charge < -0.3 is 9.84 Å². The van der Waals surface area contributed by atoms with Gasteiger partial charge in [-0.05, 0) is 79.4 Å². The molecule has 4 rings (SSSR count). The number of carboxylic acids is 1. The van der Waals surface area contributed by atoms with E-state index in [1.165, 1.54) is 6.42 Å². The second-order valence-electron chi connectivity index (χ2n) is 11.1. The topological polar surface area (TPSA) is 97.7 Å². The van der Waals surface area contributed by atoms with Gasteiger partial charge in [0.15, 0.2) is 5.78 Å². The maximum atomic E-state index is 13.0. The van der Waals surface area contributed by atoms with E-state index in [-0.39, 0.29) is 42.0 Å². The molecule has 0 unspecified atom stereocenters. The number of ketones is 2. The number of fused-ring (bicyclic) bond motifs is 5. The molecule has 0 aromatic rings. The van der Waals surface area contributed by atoms with Crippen molar-refractivity contribution in [1.82, 2.24) is 0 Å². The molecule has 0 spiro atoms. The summed E-state index contributed by atoms with van der Waals surface area (Å²) in [7, 11) is 0. The zero-order valence-corrected chi connectivity index (χ0v) is 18.9. The van der Waals surface area contributed by atoms with Crippen LogP contribution in [0, 0.1) is 40.4 Å². The van der Waals surface area contributed by atoms with Crippen LogP contribution >= 0.6 is 0 Å². The minimum Gasteiger partial charge on any atom is -0.481 e. The molecule has 4 aliphatic carbocycles. The number of ether oxygens (including phenoxy) is 1. The molecule has 0 bridgehead atoms. The fraction of sp³-hybridized carbons (Fsp3) is 0.840. The molecule has 6 heteroatoms. The Hall–Kier alpha value is -1.72. The number of carbonyl (C=O) groups excluding carboxylic acids is 3. The van der Waals surface area contributed by atoms with Gasteiger partial charge in [0.2, 0.25) is 0 Å². The lowest BCUT2D eigenvalue weighted by Gasteiger charge is -2.60. The largest absolute Gasteiger partial charge is 0.481 e. The highest BCUT2D eigenvalue weighted by Gasteiger charge is 2.61. The van der Waals surface area contributed by atoms with E-state index in [2.05, 4.69) is 13.8 Å². The Morgan fingerprint density at radius 2 is 1.71 bits per heavy atom. The molecular formula is C25H36O6. The third-order valence-corrected chi connectivity index (χ3v) is 9.79. The van der Waals surface area contributed by atoms with Crippen LogP contribution in [0.25, 0.3) is 0 Å². The van der Waals surface area contributed by atoms with Crippen LogP contribution in [0.4, 0.5) is 0 Å². The Morgan fingerprint density at radius 3 is 2.45 bits per heavy atom. The number of aliphatic carboxylic acids is 1. The first-order valence-corrected chi connectivity index (χ1v) is 12.1. The minimum absolute atomic E-state index is 0.00437. The van der Waals surface area contributed by atoms with Crippen molar-refractivity contribution in [2.75, 3.05) is 6.61 Å². The summed E-state index contributed by atoms with van der Waals surface area (Å²) in [6.45, 7) is 4.47. The first-order valence-electron chi connectivity index (χ1n) is 12.1. The molecule has 4 aliphatic rings. The summed E-state index contributed by atoms with van der Waals surface area (Å²) in [5.74, 6) is 1.03. The van der Waals surface area contributed by atoms with Crippen molar-refractivity contribution in [3.05, 3.63) is 0 Å². The van der Waals surface area contributed by atoms with E-state index < -0.39 is 11.9 Å². The van der Waals surface area contributed by atoms with Gasteiger partial charge in [-0.25, -0.2) is 0 Å². The van der Waals surface area contributed by atoms with Crippen LogP contribution in [-0.4, -0.2) is 35.2 Å². The number of hydrogen-bond acceptors (Lipinski definition) is 5. The van der Waals surface area contributed by atoms with Gasteiger partial charge in [0.1, 0.15) is 12.4 Å². The molecule has 0 radical (unpaired) electrons. The third kappa shape index (κ3) is 3.95. The molecule has 0 aromatic carbocycles. The van der Waals surface area contributed by atoms with E-state index in [1.807, 2.05) is 0 Å². The maximum absolute atomic E-state index is 13.0. The predicted octanol–water partition coefficient (Wildman–Crippen LogP) is 4.19. The van der Waals surface area contributed by atoms with Crippen molar-refractivity contribution < 1.29 is 29.0 Å². The molecule has 0 aromatic heterocycles. The molecule has 0 amide bonds.